The van der Waals surface area contributed by atoms with Gasteiger partial charge in [0, 0.05) is 22.7 Å². The lowest BCUT2D eigenvalue weighted by molar-refractivity contribution is 0.0971. The number of carbonyl (C=O) groups is 1. The number of halogens is 1. The van der Waals surface area contributed by atoms with Gasteiger partial charge in [0.05, 0.1) is 7.11 Å². The summed E-state index contributed by atoms with van der Waals surface area (Å²) in [4.78, 5) is 19.6. The highest BCUT2D eigenvalue weighted by Gasteiger charge is 2.36. The van der Waals surface area contributed by atoms with Crippen molar-refractivity contribution in [3.63, 3.8) is 0 Å². The Morgan fingerprint density at radius 3 is 2.57 bits per heavy atom. The van der Waals surface area contributed by atoms with Crippen molar-refractivity contribution in [2.45, 2.75) is 25.8 Å². The molecule has 0 spiro atoms. The zero-order valence-corrected chi connectivity index (χ0v) is 16.6. The minimum absolute atomic E-state index is 0.0690. The predicted octanol–water partition coefficient (Wildman–Crippen LogP) is 5.40. The maximum Gasteiger partial charge on any atom is 0.278 e. The molecule has 0 saturated heterocycles. The summed E-state index contributed by atoms with van der Waals surface area (Å²) in [6.07, 6.45) is 2.25. The van der Waals surface area contributed by atoms with Crippen LogP contribution >= 0.6 is 11.3 Å². The van der Waals surface area contributed by atoms with E-state index in [1.54, 1.807) is 35.6 Å². The van der Waals surface area contributed by atoms with Crippen molar-refractivity contribution in [3.05, 3.63) is 65.4 Å². The summed E-state index contributed by atoms with van der Waals surface area (Å²) in [7, 11) is 1.62. The van der Waals surface area contributed by atoms with E-state index in [2.05, 4.69) is 11.9 Å². The van der Waals surface area contributed by atoms with Gasteiger partial charge in [-0.15, -0.1) is 11.3 Å². The first-order valence-corrected chi connectivity index (χ1v) is 10.1. The molecule has 6 heteroatoms. The van der Waals surface area contributed by atoms with Gasteiger partial charge in [0.2, 0.25) is 0 Å². The summed E-state index contributed by atoms with van der Waals surface area (Å²) in [5.41, 5.74) is 1.56. The third kappa shape index (κ3) is 3.64. The minimum Gasteiger partial charge on any atom is -0.497 e. The molecule has 1 aliphatic carbocycles. The third-order valence-electron chi connectivity index (χ3n) is 5.11. The van der Waals surface area contributed by atoms with Gasteiger partial charge in [0.1, 0.15) is 22.3 Å². The quantitative estimate of drug-likeness (QED) is 0.560. The van der Waals surface area contributed by atoms with Crippen LogP contribution < -0.4 is 9.64 Å². The van der Waals surface area contributed by atoms with E-state index in [0.717, 1.165) is 24.3 Å². The van der Waals surface area contributed by atoms with Gasteiger partial charge in [0.25, 0.3) is 5.91 Å². The Bertz CT molecular complexity index is 982. The second kappa shape index (κ2) is 7.72. The summed E-state index contributed by atoms with van der Waals surface area (Å²) in [6, 6.07) is 14.0. The van der Waals surface area contributed by atoms with E-state index in [9.17, 15) is 9.18 Å². The molecule has 28 heavy (non-hydrogen) atoms. The van der Waals surface area contributed by atoms with Crippen LogP contribution in [0.1, 0.15) is 30.3 Å². The molecule has 4 rings (SSSR count). The maximum absolute atomic E-state index is 14.1. The Morgan fingerprint density at radius 1 is 1.21 bits per heavy atom. The number of carbonyl (C=O) groups excluding carboxylic acids is 1. The van der Waals surface area contributed by atoms with E-state index in [0.29, 0.717) is 22.2 Å². The molecule has 144 valence electrons. The van der Waals surface area contributed by atoms with Crippen molar-refractivity contribution in [1.82, 2.24) is 4.98 Å². The normalized spacial score (nSPS) is 14.5. The molecule has 1 unspecified atom stereocenters. The number of benzene rings is 2. The fourth-order valence-corrected chi connectivity index (χ4v) is 4.14. The molecule has 1 atom stereocenters. The minimum atomic E-state index is -0.339. The smallest absolute Gasteiger partial charge is 0.278 e. The maximum atomic E-state index is 14.1. The Kier molecular flexibility index (Phi) is 5.13. The van der Waals surface area contributed by atoms with Gasteiger partial charge in [-0.1, -0.05) is 12.1 Å². The van der Waals surface area contributed by atoms with Crippen molar-refractivity contribution in [1.29, 1.82) is 0 Å². The first-order chi connectivity index (χ1) is 13.6. The van der Waals surface area contributed by atoms with Crippen LogP contribution in [0.15, 0.2) is 53.9 Å². The standard InChI is InChI=1S/C22H21FN2O2S/c1-14(15-7-8-15)25(16-9-11-17(27-2)12-10-16)22(26)20-13-28-21(24-20)18-5-3-4-6-19(18)23/h3-6,9-15H,7-8H2,1-2H3. The molecule has 1 amide bonds. The third-order valence-corrected chi connectivity index (χ3v) is 5.98. The van der Waals surface area contributed by atoms with Crippen LogP contribution in [0.2, 0.25) is 0 Å². The Hall–Kier alpha value is -2.73. The van der Waals surface area contributed by atoms with Crippen LogP contribution in [0, 0.1) is 11.7 Å². The van der Waals surface area contributed by atoms with Gasteiger partial charge >= 0.3 is 0 Å². The van der Waals surface area contributed by atoms with Gasteiger partial charge in [-0.05, 0) is 62.1 Å². The van der Waals surface area contributed by atoms with Crippen LogP contribution in [0.4, 0.5) is 10.1 Å². The first-order valence-electron chi connectivity index (χ1n) is 9.26. The lowest BCUT2D eigenvalue weighted by Gasteiger charge is -2.29. The van der Waals surface area contributed by atoms with Crippen molar-refractivity contribution >= 4 is 22.9 Å². The summed E-state index contributed by atoms with van der Waals surface area (Å²) >= 11 is 1.28. The molecule has 1 aliphatic rings. The first kappa shape index (κ1) is 18.6. The molecular formula is C22H21FN2O2S. The van der Waals surface area contributed by atoms with Crippen LogP contribution in [0.25, 0.3) is 10.6 Å². The number of aromatic nitrogens is 1. The van der Waals surface area contributed by atoms with Crippen LogP contribution in [-0.4, -0.2) is 24.0 Å². The van der Waals surface area contributed by atoms with Crippen molar-refractivity contribution in [2.75, 3.05) is 12.0 Å². The summed E-state index contributed by atoms with van der Waals surface area (Å²) in [5, 5.41) is 2.22. The van der Waals surface area contributed by atoms with E-state index < -0.39 is 0 Å². The van der Waals surface area contributed by atoms with E-state index in [-0.39, 0.29) is 17.8 Å². The zero-order valence-electron chi connectivity index (χ0n) is 15.8. The van der Waals surface area contributed by atoms with Crippen LogP contribution in [0.3, 0.4) is 0 Å². The van der Waals surface area contributed by atoms with Crippen molar-refractivity contribution in [2.24, 2.45) is 5.92 Å². The van der Waals surface area contributed by atoms with Gasteiger partial charge in [-0.2, -0.15) is 0 Å². The van der Waals surface area contributed by atoms with Crippen molar-refractivity contribution in [3.8, 4) is 16.3 Å². The van der Waals surface area contributed by atoms with Crippen LogP contribution in [0.5, 0.6) is 5.75 Å². The van der Waals surface area contributed by atoms with E-state index >= 15 is 0 Å². The lowest BCUT2D eigenvalue weighted by Crippen LogP contribution is -2.40. The van der Waals surface area contributed by atoms with Gasteiger partial charge in [-0.25, -0.2) is 9.37 Å². The number of hydrogen-bond acceptors (Lipinski definition) is 4. The molecule has 0 N–H and O–H groups in total. The molecule has 0 radical (unpaired) electrons. The highest BCUT2D eigenvalue weighted by atomic mass is 32.1. The number of hydrogen-bond donors (Lipinski definition) is 0. The molecular weight excluding hydrogens is 375 g/mol. The topological polar surface area (TPSA) is 42.4 Å². The largest absolute Gasteiger partial charge is 0.497 e. The highest BCUT2D eigenvalue weighted by Crippen LogP contribution is 2.38. The Balaban J connectivity index is 1.66. The number of ether oxygens (including phenoxy) is 1. The fourth-order valence-electron chi connectivity index (χ4n) is 3.32. The zero-order chi connectivity index (χ0) is 19.7. The highest BCUT2D eigenvalue weighted by molar-refractivity contribution is 7.13. The monoisotopic (exact) mass is 396 g/mol. The molecule has 4 nitrogen and oxygen atoms in total. The van der Waals surface area contributed by atoms with Gasteiger partial charge < -0.3 is 9.64 Å². The number of rotatable bonds is 6. The molecule has 1 aromatic heterocycles. The molecule has 0 bridgehead atoms. The lowest BCUT2D eigenvalue weighted by atomic mass is 10.1. The molecule has 0 aliphatic heterocycles. The molecule has 2 aromatic carbocycles. The second-order valence-electron chi connectivity index (χ2n) is 6.97. The summed E-state index contributed by atoms with van der Waals surface area (Å²) < 4.78 is 19.3. The van der Waals surface area contributed by atoms with E-state index in [1.807, 2.05) is 24.3 Å². The number of methoxy groups -OCH3 is 1. The fraction of sp³-hybridized carbons (Fsp3) is 0.273. The van der Waals surface area contributed by atoms with Crippen molar-refractivity contribution < 1.29 is 13.9 Å². The van der Waals surface area contributed by atoms with Gasteiger partial charge in [-0.3, -0.25) is 4.79 Å². The molecule has 3 aromatic rings. The average Bonchev–Trinajstić information content (AvgIpc) is 3.46. The molecule has 1 heterocycles. The second-order valence-corrected chi connectivity index (χ2v) is 7.83. The summed E-state index contributed by atoms with van der Waals surface area (Å²) in [6.45, 7) is 2.07. The molecule has 1 saturated carbocycles. The van der Waals surface area contributed by atoms with Crippen LogP contribution in [-0.2, 0) is 0 Å². The molecule has 1 fully saturated rings. The van der Waals surface area contributed by atoms with E-state index in [4.69, 9.17) is 4.74 Å². The Labute approximate surface area is 167 Å². The Morgan fingerprint density at radius 2 is 1.93 bits per heavy atom. The number of nitrogens with zero attached hydrogens (tertiary/aromatic N) is 2. The van der Waals surface area contributed by atoms with E-state index in [1.165, 1.54) is 17.4 Å². The number of amides is 1. The number of thiazole rings is 1. The SMILES string of the molecule is COc1ccc(N(C(=O)c2csc(-c3ccccc3F)n2)C(C)C2CC2)cc1. The van der Waals surface area contributed by atoms with Gasteiger partial charge in [0.15, 0.2) is 0 Å². The summed E-state index contributed by atoms with van der Waals surface area (Å²) in [5.74, 6) is 0.735. The average molecular weight is 396 g/mol. The number of anilines is 1. The predicted molar refractivity (Wildman–Crippen MR) is 109 cm³/mol.